The zero-order valence-electron chi connectivity index (χ0n) is 30.2. The van der Waals surface area contributed by atoms with Gasteiger partial charge >= 0.3 is 6.18 Å². The van der Waals surface area contributed by atoms with Gasteiger partial charge in [0.25, 0.3) is 23.6 Å². The number of nitrogens with zero attached hydrogens (tertiary/aromatic N) is 4. The van der Waals surface area contributed by atoms with E-state index in [1.54, 1.807) is 42.5 Å². The van der Waals surface area contributed by atoms with E-state index in [-0.39, 0.29) is 35.1 Å². The highest BCUT2D eigenvalue weighted by molar-refractivity contribution is 14.1. The standard InChI is InChI=1S/C40H30Cl2F4IN5O6/c1-50(34-27(42)13-14-30(48-34)40(44,45)46)52-35(54)24-12-11-23-25(31(24)37(52)56)17-26-36(55)51(49-22-9-7-21(43)8-10-22)38(57)39(26,19-3-5-20(41)6-4-19)32(23)18-15-28(47)33(53)29(16-18)58-2/h3-11,13-16,24-26,31-32,49,53H,12,17H2,1-2H3/t24-,25+,26-,31-,32-,39+/m0/s1. The van der Waals surface area contributed by atoms with Crippen LogP contribution in [0.4, 0.5) is 29.1 Å². The van der Waals surface area contributed by atoms with Gasteiger partial charge in [0, 0.05) is 18.0 Å². The highest BCUT2D eigenvalue weighted by Gasteiger charge is 2.70. The molecule has 4 aliphatic rings. The fourth-order valence-electron chi connectivity index (χ4n) is 9.14. The number of phenolic OH excluding ortho intramolecular Hbond substituents is 1. The number of benzene rings is 3. The third-order valence-electron chi connectivity index (χ3n) is 11.6. The summed E-state index contributed by atoms with van der Waals surface area (Å²) in [4.78, 5) is 62.8. The van der Waals surface area contributed by atoms with Gasteiger partial charge < -0.3 is 9.84 Å². The smallest absolute Gasteiger partial charge is 0.433 e. The molecule has 0 radical (unpaired) electrons. The maximum atomic E-state index is 15.4. The first-order chi connectivity index (χ1) is 27.5. The number of aromatic hydroxyl groups is 1. The molecular formula is C40H30Cl2F4IN5O6. The number of pyridine rings is 1. The van der Waals surface area contributed by atoms with E-state index < -0.39 is 82.1 Å². The summed E-state index contributed by atoms with van der Waals surface area (Å²) in [5.74, 6) is -9.07. The fraction of sp³-hybridized carbons (Fsp3) is 0.275. The Morgan fingerprint density at radius 1 is 0.966 bits per heavy atom. The van der Waals surface area contributed by atoms with Gasteiger partial charge in [-0.1, -0.05) is 47.0 Å². The van der Waals surface area contributed by atoms with Crippen LogP contribution in [0.15, 0.2) is 84.4 Å². The van der Waals surface area contributed by atoms with Crippen LogP contribution in [0.25, 0.3) is 0 Å². The van der Waals surface area contributed by atoms with Crippen molar-refractivity contribution in [3.63, 3.8) is 0 Å². The van der Waals surface area contributed by atoms with Gasteiger partial charge in [-0.05, 0) is 113 Å². The number of ether oxygens (including phenoxy) is 1. The molecule has 1 aromatic heterocycles. The van der Waals surface area contributed by atoms with Gasteiger partial charge in [-0.25, -0.2) is 9.37 Å². The molecule has 3 aromatic carbocycles. The number of nitrogens with one attached hydrogen (secondary N) is 1. The van der Waals surface area contributed by atoms with Gasteiger partial charge in [0.2, 0.25) is 0 Å². The van der Waals surface area contributed by atoms with Crippen LogP contribution in [-0.2, 0) is 30.8 Å². The average molecular weight is 951 g/mol. The number of hydrazine groups is 2. The summed E-state index contributed by atoms with van der Waals surface area (Å²) in [6.07, 6.45) is -3.17. The highest BCUT2D eigenvalue weighted by Crippen LogP contribution is 2.64. The van der Waals surface area contributed by atoms with E-state index in [0.29, 0.717) is 31.4 Å². The SMILES string of the molecule is COc1cc([C@H]2C3=CC[C@@H]4C(=O)N(N(C)c5nc(C(F)(F)F)ccc5Cl)C(=O)[C@@H]4[C@@H]3C[C@H]3C(=O)N(Nc4ccc(F)cc4)C(=O)[C@@]23c2ccc(Cl)cc2)cc(I)c1O. The minimum atomic E-state index is -4.85. The van der Waals surface area contributed by atoms with Crippen molar-refractivity contribution in [3.05, 3.63) is 121 Å². The van der Waals surface area contributed by atoms with Crippen LogP contribution < -0.4 is 15.2 Å². The molecule has 2 aliphatic carbocycles. The largest absolute Gasteiger partial charge is 0.504 e. The van der Waals surface area contributed by atoms with E-state index in [4.69, 9.17) is 27.9 Å². The Morgan fingerprint density at radius 2 is 1.66 bits per heavy atom. The summed E-state index contributed by atoms with van der Waals surface area (Å²) in [6.45, 7) is 0. The molecule has 6 atom stereocenters. The fourth-order valence-corrected chi connectivity index (χ4v) is 10.1. The van der Waals surface area contributed by atoms with Gasteiger partial charge in [0.15, 0.2) is 17.3 Å². The molecular weight excluding hydrogens is 920 g/mol. The molecule has 2 saturated heterocycles. The molecule has 3 fully saturated rings. The number of rotatable bonds is 7. The number of amides is 4. The molecule has 18 heteroatoms. The van der Waals surface area contributed by atoms with Crippen molar-refractivity contribution in [2.75, 3.05) is 24.6 Å². The van der Waals surface area contributed by atoms with Gasteiger partial charge in [-0.3, -0.25) is 29.6 Å². The number of halogens is 7. The van der Waals surface area contributed by atoms with Gasteiger partial charge in [-0.2, -0.15) is 23.2 Å². The Hall–Kier alpha value is -4.94. The van der Waals surface area contributed by atoms with Crippen LogP contribution in [0.5, 0.6) is 11.5 Å². The van der Waals surface area contributed by atoms with E-state index in [2.05, 4.69) is 10.4 Å². The molecule has 0 spiro atoms. The van der Waals surface area contributed by atoms with E-state index in [1.165, 1.54) is 26.3 Å². The topological polar surface area (TPSA) is 132 Å². The van der Waals surface area contributed by atoms with Crippen LogP contribution >= 0.6 is 45.8 Å². The summed E-state index contributed by atoms with van der Waals surface area (Å²) in [6, 6.07) is 16.4. The molecule has 8 rings (SSSR count). The van der Waals surface area contributed by atoms with Gasteiger partial charge in [0.1, 0.15) is 11.5 Å². The maximum absolute atomic E-state index is 15.4. The Morgan fingerprint density at radius 3 is 2.31 bits per heavy atom. The van der Waals surface area contributed by atoms with Crippen molar-refractivity contribution in [2.45, 2.75) is 30.4 Å². The number of hydrogen-bond donors (Lipinski definition) is 2. The molecule has 4 aromatic rings. The maximum Gasteiger partial charge on any atom is 0.433 e. The van der Waals surface area contributed by atoms with Crippen LogP contribution in [0.1, 0.15) is 35.6 Å². The third kappa shape index (κ3) is 6.08. The molecule has 4 amide bonds. The molecule has 58 heavy (non-hydrogen) atoms. The second kappa shape index (κ2) is 14.4. The van der Waals surface area contributed by atoms with Crippen molar-refractivity contribution in [3.8, 4) is 11.5 Å². The van der Waals surface area contributed by atoms with E-state index in [0.717, 1.165) is 33.2 Å². The summed E-state index contributed by atoms with van der Waals surface area (Å²) < 4.78 is 61.0. The summed E-state index contributed by atoms with van der Waals surface area (Å²) in [5.41, 5.74) is 1.53. The second-order valence-electron chi connectivity index (χ2n) is 14.4. The number of imide groups is 2. The quantitative estimate of drug-likeness (QED) is 0.0822. The van der Waals surface area contributed by atoms with Crippen molar-refractivity contribution in [2.24, 2.45) is 23.7 Å². The normalized spacial score (nSPS) is 25.3. The van der Waals surface area contributed by atoms with Crippen LogP contribution in [0.2, 0.25) is 10.0 Å². The molecule has 1 saturated carbocycles. The number of phenols is 1. The van der Waals surface area contributed by atoms with Crippen LogP contribution in [-0.4, -0.2) is 57.9 Å². The van der Waals surface area contributed by atoms with Crippen molar-refractivity contribution < 1.29 is 46.6 Å². The van der Waals surface area contributed by atoms with Gasteiger partial charge in [-0.15, -0.1) is 0 Å². The van der Waals surface area contributed by atoms with Crippen LogP contribution in [0.3, 0.4) is 0 Å². The molecule has 300 valence electrons. The zero-order chi connectivity index (χ0) is 41.6. The first-order valence-electron chi connectivity index (χ1n) is 17.8. The molecule has 2 aliphatic heterocycles. The lowest BCUT2D eigenvalue weighted by Gasteiger charge is -2.50. The highest BCUT2D eigenvalue weighted by atomic mass is 127. The number of carbonyl (C=O) groups is 4. The molecule has 11 nitrogen and oxygen atoms in total. The number of methoxy groups -OCH3 is 1. The predicted octanol–water partition coefficient (Wildman–Crippen LogP) is 7.90. The van der Waals surface area contributed by atoms with Crippen molar-refractivity contribution in [1.29, 1.82) is 0 Å². The molecule has 0 bridgehead atoms. The monoisotopic (exact) mass is 949 g/mol. The Labute approximate surface area is 351 Å². The summed E-state index contributed by atoms with van der Waals surface area (Å²) >= 11 is 14.6. The second-order valence-corrected chi connectivity index (χ2v) is 16.4. The van der Waals surface area contributed by atoms with Gasteiger partial charge in [0.05, 0.1) is 44.6 Å². The summed E-state index contributed by atoms with van der Waals surface area (Å²) in [5, 5.41) is 13.6. The number of alkyl halides is 3. The predicted molar refractivity (Wildman–Crippen MR) is 211 cm³/mol. The van der Waals surface area contributed by atoms with Crippen LogP contribution in [0, 0.1) is 33.1 Å². The lowest BCUT2D eigenvalue weighted by atomic mass is 9.49. The zero-order valence-corrected chi connectivity index (χ0v) is 33.9. The lowest BCUT2D eigenvalue weighted by Crippen LogP contribution is -2.53. The average Bonchev–Trinajstić information content (AvgIpc) is 3.57. The summed E-state index contributed by atoms with van der Waals surface area (Å²) in [7, 11) is 2.58. The third-order valence-corrected chi connectivity index (χ3v) is 12.9. The van der Waals surface area contributed by atoms with E-state index >= 15 is 4.79 Å². The minimum absolute atomic E-state index is 0.000972. The first kappa shape index (κ1) is 39.9. The minimum Gasteiger partial charge on any atom is -0.504 e. The van der Waals surface area contributed by atoms with E-state index in [1.807, 2.05) is 22.6 Å². The first-order valence-corrected chi connectivity index (χ1v) is 19.6. The number of carbonyl (C=O) groups excluding carboxylic acids is 4. The number of aromatic nitrogens is 1. The molecule has 3 heterocycles. The Kier molecular flexibility index (Phi) is 9.90. The van der Waals surface area contributed by atoms with E-state index in [9.17, 15) is 37.1 Å². The number of fused-ring (bicyclic) bond motifs is 4. The Balaban J connectivity index is 1.30. The molecule has 2 N–H and O–H groups in total. The molecule has 0 unspecified atom stereocenters. The van der Waals surface area contributed by atoms with Crippen molar-refractivity contribution >= 4 is 80.9 Å². The van der Waals surface area contributed by atoms with Crippen molar-refractivity contribution in [1.82, 2.24) is 15.0 Å². The number of anilines is 2. The number of hydrogen-bond acceptors (Lipinski definition) is 9. The number of allylic oxidation sites excluding steroid dienone is 2. The lowest BCUT2D eigenvalue weighted by molar-refractivity contribution is -0.142. The Bertz CT molecular complexity index is 2440.